The number of rotatable bonds is 13. The van der Waals surface area contributed by atoms with Crippen LogP contribution in [0.1, 0.15) is 20.8 Å². The highest BCUT2D eigenvalue weighted by Crippen LogP contribution is 2.22. The molecule has 0 saturated heterocycles. The summed E-state index contributed by atoms with van der Waals surface area (Å²) in [7, 11) is 2.67. The number of methoxy groups -OCH3 is 2. The molecule has 0 saturated carbocycles. The van der Waals surface area contributed by atoms with Gasteiger partial charge in [0.05, 0.1) is 26.1 Å². The molecule has 1 rings (SSSR count). The van der Waals surface area contributed by atoms with Crippen LogP contribution < -0.4 is 9.64 Å². The van der Waals surface area contributed by atoms with Crippen LogP contribution in [-0.2, 0) is 28.6 Å². The molecule has 0 radical (unpaired) electrons. The van der Waals surface area contributed by atoms with E-state index < -0.39 is 23.9 Å². The SMILES string of the molecule is C=C(C)C(=O)OCC(O)COc1ccc(N(CC(C)C(=O)OC)CC(C)C(=O)OC)cc1. The lowest BCUT2D eigenvalue weighted by molar-refractivity contribution is -0.144. The molecule has 0 aliphatic carbocycles. The number of ether oxygens (including phenoxy) is 4. The largest absolute Gasteiger partial charge is 0.491 e. The molecule has 0 aromatic heterocycles. The fourth-order valence-electron chi connectivity index (χ4n) is 2.79. The van der Waals surface area contributed by atoms with Gasteiger partial charge < -0.3 is 29.0 Å². The van der Waals surface area contributed by atoms with Gasteiger partial charge in [-0.2, -0.15) is 0 Å². The maximum Gasteiger partial charge on any atom is 0.333 e. The third-order valence-corrected chi connectivity index (χ3v) is 4.60. The summed E-state index contributed by atoms with van der Waals surface area (Å²) in [5.41, 5.74) is 1.03. The van der Waals surface area contributed by atoms with Gasteiger partial charge in [0.1, 0.15) is 25.1 Å². The zero-order chi connectivity index (χ0) is 24.3. The molecule has 1 aromatic carbocycles. The first-order valence-electron chi connectivity index (χ1n) is 10.2. The van der Waals surface area contributed by atoms with E-state index in [2.05, 4.69) is 6.58 Å². The van der Waals surface area contributed by atoms with Crippen LogP contribution in [0.5, 0.6) is 5.75 Å². The van der Waals surface area contributed by atoms with E-state index in [0.717, 1.165) is 5.69 Å². The van der Waals surface area contributed by atoms with E-state index in [0.29, 0.717) is 18.8 Å². The summed E-state index contributed by atoms with van der Waals surface area (Å²) in [6.45, 7) is 8.93. The fraction of sp³-hybridized carbons (Fsp3) is 0.522. The van der Waals surface area contributed by atoms with E-state index >= 15 is 0 Å². The Morgan fingerprint density at radius 1 is 0.969 bits per heavy atom. The molecular weight excluding hydrogens is 418 g/mol. The molecule has 0 spiro atoms. The number of esters is 3. The maximum atomic E-state index is 11.9. The normalized spacial score (nSPS) is 13.3. The highest BCUT2D eigenvalue weighted by Gasteiger charge is 2.23. The number of anilines is 1. The minimum atomic E-state index is -0.990. The van der Waals surface area contributed by atoms with Gasteiger partial charge in [-0.15, -0.1) is 0 Å². The van der Waals surface area contributed by atoms with Crippen molar-refractivity contribution in [1.29, 1.82) is 0 Å². The minimum Gasteiger partial charge on any atom is -0.491 e. The molecule has 0 amide bonds. The smallest absolute Gasteiger partial charge is 0.333 e. The summed E-state index contributed by atoms with van der Waals surface area (Å²) in [5.74, 6) is -1.57. The number of aliphatic hydroxyl groups excluding tert-OH is 1. The van der Waals surface area contributed by atoms with Crippen LogP contribution in [0.3, 0.4) is 0 Å². The van der Waals surface area contributed by atoms with E-state index in [9.17, 15) is 19.5 Å². The van der Waals surface area contributed by atoms with Crippen molar-refractivity contribution in [3.8, 4) is 5.75 Å². The van der Waals surface area contributed by atoms with E-state index in [-0.39, 0.29) is 30.7 Å². The topological polar surface area (TPSA) is 112 Å². The fourth-order valence-corrected chi connectivity index (χ4v) is 2.79. The molecule has 0 fully saturated rings. The van der Waals surface area contributed by atoms with E-state index in [4.69, 9.17) is 18.9 Å². The van der Waals surface area contributed by atoms with Crippen molar-refractivity contribution in [2.24, 2.45) is 11.8 Å². The van der Waals surface area contributed by atoms with E-state index in [1.165, 1.54) is 21.1 Å². The Kier molecular flexibility index (Phi) is 11.3. The number of benzene rings is 1. The average molecular weight is 452 g/mol. The Morgan fingerprint density at radius 2 is 1.47 bits per heavy atom. The number of carbonyl (C=O) groups excluding carboxylic acids is 3. The van der Waals surface area contributed by atoms with Crippen LogP contribution in [0.4, 0.5) is 5.69 Å². The van der Waals surface area contributed by atoms with Gasteiger partial charge in [0.2, 0.25) is 0 Å². The third-order valence-electron chi connectivity index (χ3n) is 4.60. The molecule has 3 unspecified atom stereocenters. The Labute approximate surface area is 188 Å². The van der Waals surface area contributed by atoms with E-state index in [1.807, 2.05) is 4.90 Å². The summed E-state index contributed by atoms with van der Waals surface area (Å²) in [4.78, 5) is 37.0. The predicted octanol–water partition coefficient (Wildman–Crippen LogP) is 1.97. The molecule has 0 bridgehead atoms. The quantitative estimate of drug-likeness (QED) is 0.273. The van der Waals surface area contributed by atoms with Gasteiger partial charge in [0.15, 0.2) is 0 Å². The Morgan fingerprint density at radius 3 is 1.91 bits per heavy atom. The second kappa shape index (κ2) is 13.4. The first kappa shape index (κ1) is 27.0. The predicted molar refractivity (Wildman–Crippen MR) is 118 cm³/mol. The van der Waals surface area contributed by atoms with Crippen LogP contribution in [0.25, 0.3) is 0 Å². The number of nitrogens with zero attached hydrogens (tertiary/aromatic N) is 1. The van der Waals surface area contributed by atoms with Gasteiger partial charge in [-0.25, -0.2) is 4.79 Å². The molecule has 9 nitrogen and oxygen atoms in total. The number of hydrogen-bond donors (Lipinski definition) is 1. The van der Waals surface area contributed by atoms with Gasteiger partial charge in [0, 0.05) is 24.4 Å². The van der Waals surface area contributed by atoms with Gasteiger partial charge in [-0.1, -0.05) is 20.4 Å². The molecule has 32 heavy (non-hydrogen) atoms. The Balaban J connectivity index is 2.78. The van der Waals surface area contributed by atoms with Crippen molar-refractivity contribution in [2.45, 2.75) is 26.9 Å². The van der Waals surface area contributed by atoms with Crippen LogP contribution in [0, 0.1) is 11.8 Å². The van der Waals surface area contributed by atoms with Crippen LogP contribution in [0.2, 0.25) is 0 Å². The van der Waals surface area contributed by atoms with Gasteiger partial charge >= 0.3 is 17.9 Å². The Bertz CT molecular complexity index is 753. The van der Waals surface area contributed by atoms with Crippen molar-refractivity contribution in [2.75, 3.05) is 45.4 Å². The lowest BCUT2D eigenvalue weighted by Gasteiger charge is -2.29. The number of carbonyl (C=O) groups is 3. The van der Waals surface area contributed by atoms with Gasteiger partial charge in [0.25, 0.3) is 0 Å². The third kappa shape index (κ3) is 8.97. The summed E-state index contributed by atoms with van der Waals surface area (Å²) in [6.07, 6.45) is -0.990. The van der Waals surface area contributed by atoms with Crippen molar-refractivity contribution >= 4 is 23.6 Å². The molecular formula is C23H33NO8. The highest BCUT2D eigenvalue weighted by molar-refractivity contribution is 5.86. The van der Waals surface area contributed by atoms with Gasteiger partial charge in [-0.05, 0) is 31.2 Å². The summed E-state index contributed by atoms with van der Waals surface area (Å²) in [6, 6.07) is 6.99. The second-order valence-electron chi connectivity index (χ2n) is 7.59. The summed E-state index contributed by atoms with van der Waals surface area (Å²) in [5, 5.41) is 9.91. The molecule has 1 aromatic rings. The van der Waals surface area contributed by atoms with Crippen LogP contribution in [-0.4, -0.2) is 69.6 Å². The maximum absolute atomic E-state index is 11.9. The van der Waals surface area contributed by atoms with Gasteiger partial charge in [-0.3, -0.25) is 9.59 Å². The van der Waals surface area contributed by atoms with Crippen molar-refractivity contribution in [1.82, 2.24) is 0 Å². The summed E-state index contributed by atoms with van der Waals surface area (Å²) >= 11 is 0. The first-order chi connectivity index (χ1) is 15.1. The van der Waals surface area contributed by atoms with E-state index in [1.54, 1.807) is 38.1 Å². The lowest BCUT2D eigenvalue weighted by Crippen LogP contribution is -2.37. The minimum absolute atomic E-state index is 0.0642. The zero-order valence-electron chi connectivity index (χ0n) is 19.3. The lowest BCUT2D eigenvalue weighted by atomic mass is 10.1. The van der Waals surface area contributed by atoms with Crippen molar-refractivity contribution in [3.05, 3.63) is 36.4 Å². The summed E-state index contributed by atoms with van der Waals surface area (Å²) < 4.78 is 20.0. The second-order valence-corrected chi connectivity index (χ2v) is 7.59. The molecule has 0 heterocycles. The average Bonchev–Trinajstić information content (AvgIpc) is 2.79. The van der Waals surface area contributed by atoms with Crippen LogP contribution in [0.15, 0.2) is 36.4 Å². The molecule has 1 N–H and O–H groups in total. The number of aliphatic hydroxyl groups is 1. The zero-order valence-corrected chi connectivity index (χ0v) is 19.3. The van der Waals surface area contributed by atoms with Crippen molar-refractivity contribution < 1.29 is 38.4 Å². The standard InChI is InChI=1S/C23H33NO8/c1-15(2)21(26)32-14-19(25)13-31-20-9-7-18(8-10-20)24(11-16(3)22(27)29-5)12-17(4)23(28)30-6/h7-10,16-17,19,25H,1,11-14H2,2-6H3. The Hall–Kier alpha value is -3.07. The molecule has 0 aliphatic rings. The molecule has 9 heteroatoms. The molecule has 178 valence electrons. The monoisotopic (exact) mass is 451 g/mol. The molecule has 0 aliphatic heterocycles. The highest BCUT2D eigenvalue weighted by atomic mass is 16.5. The molecule has 3 atom stereocenters. The first-order valence-corrected chi connectivity index (χ1v) is 10.2. The van der Waals surface area contributed by atoms with Crippen LogP contribution >= 0.6 is 0 Å². The van der Waals surface area contributed by atoms with Crippen molar-refractivity contribution in [3.63, 3.8) is 0 Å². The number of hydrogen-bond acceptors (Lipinski definition) is 9.